The summed E-state index contributed by atoms with van der Waals surface area (Å²) in [6.07, 6.45) is 5.29. The lowest BCUT2D eigenvalue weighted by Crippen LogP contribution is -2.34. The SMILES string of the molecule is Cc1ccccc1NC(=O)CCN1C(=O)C2CC=CCC2C1=O. The van der Waals surface area contributed by atoms with Crippen LogP contribution in [-0.4, -0.2) is 29.2 Å². The van der Waals surface area contributed by atoms with Gasteiger partial charge in [-0.1, -0.05) is 30.4 Å². The average molecular weight is 312 g/mol. The zero-order valence-corrected chi connectivity index (χ0v) is 13.1. The summed E-state index contributed by atoms with van der Waals surface area (Å²) in [6, 6.07) is 7.51. The van der Waals surface area contributed by atoms with Crippen molar-refractivity contribution in [2.75, 3.05) is 11.9 Å². The monoisotopic (exact) mass is 312 g/mol. The Hall–Kier alpha value is -2.43. The van der Waals surface area contributed by atoms with Gasteiger partial charge in [0.05, 0.1) is 11.8 Å². The first-order valence-electron chi connectivity index (χ1n) is 7.93. The molecular formula is C18H20N2O3. The number of carbonyl (C=O) groups is 3. The normalized spacial score (nSPS) is 23.1. The second-order valence-corrected chi connectivity index (χ2v) is 6.10. The van der Waals surface area contributed by atoms with Crippen molar-refractivity contribution < 1.29 is 14.4 Å². The summed E-state index contributed by atoms with van der Waals surface area (Å²) in [4.78, 5) is 38.0. The van der Waals surface area contributed by atoms with Gasteiger partial charge in [-0.15, -0.1) is 0 Å². The van der Waals surface area contributed by atoms with Gasteiger partial charge >= 0.3 is 0 Å². The van der Waals surface area contributed by atoms with Crippen LogP contribution in [0.4, 0.5) is 5.69 Å². The van der Waals surface area contributed by atoms with Crippen LogP contribution in [0, 0.1) is 18.8 Å². The number of likely N-dealkylation sites (tertiary alicyclic amines) is 1. The average Bonchev–Trinajstić information content (AvgIpc) is 2.80. The molecule has 0 saturated carbocycles. The molecule has 1 aliphatic carbocycles. The molecule has 1 fully saturated rings. The zero-order valence-electron chi connectivity index (χ0n) is 13.1. The fourth-order valence-corrected chi connectivity index (χ4v) is 3.23. The summed E-state index contributed by atoms with van der Waals surface area (Å²) >= 11 is 0. The summed E-state index contributed by atoms with van der Waals surface area (Å²) in [6.45, 7) is 2.07. The van der Waals surface area contributed by atoms with Crippen molar-refractivity contribution in [1.29, 1.82) is 0 Å². The number of imide groups is 1. The molecule has 1 saturated heterocycles. The van der Waals surface area contributed by atoms with Crippen LogP contribution in [0.1, 0.15) is 24.8 Å². The molecule has 1 aliphatic heterocycles. The first-order chi connectivity index (χ1) is 11.1. The van der Waals surface area contributed by atoms with E-state index in [1.807, 2.05) is 43.3 Å². The predicted octanol–water partition coefficient (Wildman–Crippen LogP) is 2.27. The lowest BCUT2D eigenvalue weighted by Gasteiger charge is -2.15. The van der Waals surface area contributed by atoms with Crippen molar-refractivity contribution >= 4 is 23.4 Å². The number of benzene rings is 1. The van der Waals surface area contributed by atoms with E-state index in [2.05, 4.69) is 5.32 Å². The van der Waals surface area contributed by atoms with Gasteiger partial charge in [0.1, 0.15) is 0 Å². The van der Waals surface area contributed by atoms with E-state index in [1.54, 1.807) is 0 Å². The number of rotatable bonds is 4. The highest BCUT2D eigenvalue weighted by molar-refractivity contribution is 6.05. The number of nitrogens with zero attached hydrogens (tertiary/aromatic N) is 1. The minimum Gasteiger partial charge on any atom is -0.326 e. The second kappa shape index (κ2) is 6.36. The number of carbonyl (C=O) groups excluding carboxylic acids is 3. The summed E-state index contributed by atoms with van der Waals surface area (Å²) in [7, 11) is 0. The molecule has 2 aliphatic rings. The second-order valence-electron chi connectivity index (χ2n) is 6.10. The standard InChI is InChI=1S/C18H20N2O3/c1-12-6-2-5-9-15(12)19-16(21)10-11-20-17(22)13-7-3-4-8-14(13)18(20)23/h2-6,9,13-14H,7-8,10-11H2,1H3,(H,19,21). The molecule has 5 heteroatoms. The maximum atomic E-state index is 12.3. The highest BCUT2D eigenvalue weighted by Gasteiger charge is 2.46. The van der Waals surface area contributed by atoms with E-state index in [0.717, 1.165) is 11.3 Å². The fourth-order valence-electron chi connectivity index (χ4n) is 3.23. The molecular weight excluding hydrogens is 292 g/mol. The van der Waals surface area contributed by atoms with Crippen LogP contribution in [0.3, 0.4) is 0 Å². The van der Waals surface area contributed by atoms with Crippen LogP contribution in [0.25, 0.3) is 0 Å². The number of para-hydroxylation sites is 1. The topological polar surface area (TPSA) is 66.5 Å². The van der Waals surface area contributed by atoms with Gasteiger partial charge in [0.25, 0.3) is 0 Å². The third-order valence-electron chi connectivity index (χ3n) is 4.58. The van der Waals surface area contributed by atoms with E-state index in [0.29, 0.717) is 12.8 Å². The minimum absolute atomic E-state index is 0.124. The van der Waals surface area contributed by atoms with Crippen LogP contribution >= 0.6 is 0 Å². The first kappa shape index (κ1) is 15.5. The molecule has 2 atom stereocenters. The maximum absolute atomic E-state index is 12.3. The molecule has 1 aromatic carbocycles. The van der Waals surface area contributed by atoms with Gasteiger partial charge in [0.15, 0.2) is 0 Å². The highest BCUT2D eigenvalue weighted by atomic mass is 16.2. The Balaban J connectivity index is 1.58. The van der Waals surface area contributed by atoms with Crippen LogP contribution in [-0.2, 0) is 14.4 Å². The number of hydrogen-bond donors (Lipinski definition) is 1. The third-order valence-corrected chi connectivity index (χ3v) is 4.58. The van der Waals surface area contributed by atoms with Crippen molar-refractivity contribution in [2.24, 2.45) is 11.8 Å². The molecule has 0 bridgehead atoms. The van der Waals surface area contributed by atoms with E-state index >= 15 is 0 Å². The van der Waals surface area contributed by atoms with Gasteiger partial charge in [0.2, 0.25) is 17.7 Å². The van der Waals surface area contributed by atoms with E-state index in [9.17, 15) is 14.4 Å². The van der Waals surface area contributed by atoms with E-state index < -0.39 is 0 Å². The Morgan fingerprint density at radius 3 is 2.35 bits per heavy atom. The number of hydrogen-bond acceptors (Lipinski definition) is 3. The first-order valence-corrected chi connectivity index (χ1v) is 7.93. The van der Waals surface area contributed by atoms with Crippen molar-refractivity contribution in [3.8, 4) is 0 Å². The Kier molecular flexibility index (Phi) is 4.28. The Morgan fingerprint density at radius 1 is 1.13 bits per heavy atom. The molecule has 1 aromatic rings. The highest BCUT2D eigenvalue weighted by Crippen LogP contribution is 2.35. The number of aryl methyl sites for hydroxylation is 1. The van der Waals surface area contributed by atoms with E-state index in [1.165, 1.54) is 4.90 Å². The Morgan fingerprint density at radius 2 is 1.74 bits per heavy atom. The summed E-state index contributed by atoms with van der Waals surface area (Å²) in [5, 5.41) is 2.83. The molecule has 0 aromatic heterocycles. The fraction of sp³-hybridized carbons (Fsp3) is 0.389. The van der Waals surface area contributed by atoms with Gasteiger partial charge in [-0.05, 0) is 31.4 Å². The molecule has 23 heavy (non-hydrogen) atoms. The summed E-state index contributed by atoms with van der Waals surface area (Å²) in [5.41, 5.74) is 1.74. The Labute approximate surface area is 135 Å². The quantitative estimate of drug-likeness (QED) is 0.685. The van der Waals surface area contributed by atoms with Crippen molar-refractivity contribution in [1.82, 2.24) is 4.90 Å². The van der Waals surface area contributed by atoms with Gasteiger partial charge in [0, 0.05) is 18.7 Å². The molecule has 1 N–H and O–H groups in total. The number of fused-ring (bicyclic) bond motifs is 1. The Bertz CT molecular complexity index is 655. The van der Waals surface area contributed by atoms with Crippen molar-refractivity contribution in [2.45, 2.75) is 26.2 Å². The summed E-state index contributed by atoms with van der Waals surface area (Å²) < 4.78 is 0. The van der Waals surface area contributed by atoms with Gasteiger partial charge in [-0.25, -0.2) is 0 Å². The molecule has 0 radical (unpaired) electrons. The lowest BCUT2D eigenvalue weighted by molar-refractivity contribution is -0.140. The number of amides is 3. The van der Waals surface area contributed by atoms with Gasteiger partial charge < -0.3 is 5.32 Å². The molecule has 0 spiro atoms. The molecule has 5 nitrogen and oxygen atoms in total. The molecule has 1 heterocycles. The molecule has 120 valence electrons. The molecule has 3 amide bonds. The number of nitrogens with one attached hydrogen (secondary N) is 1. The molecule has 2 unspecified atom stereocenters. The third kappa shape index (κ3) is 3.04. The van der Waals surface area contributed by atoms with Crippen LogP contribution < -0.4 is 5.32 Å². The summed E-state index contributed by atoms with van der Waals surface area (Å²) in [5.74, 6) is -0.909. The smallest absolute Gasteiger partial charge is 0.233 e. The van der Waals surface area contributed by atoms with E-state index in [-0.39, 0.29) is 42.5 Å². The van der Waals surface area contributed by atoms with Gasteiger partial charge in [-0.2, -0.15) is 0 Å². The number of anilines is 1. The van der Waals surface area contributed by atoms with Crippen molar-refractivity contribution in [3.05, 3.63) is 42.0 Å². The predicted molar refractivity (Wildman–Crippen MR) is 86.5 cm³/mol. The maximum Gasteiger partial charge on any atom is 0.233 e. The van der Waals surface area contributed by atoms with Crippen LogP contribution in [0.15, 0.2) is 36.4 Å². The van der Waals surface area contributed by atoms with Crippen LogP contribution in [0.2, 0.25) is 0 Å². The molecule has 3 rings (SSSR count). The van der Waals surface area contributed by atoms with Gasteiger partial charge in [-0.3, -0.25) is 19.3 Å². The lowest BCUT2D eigenvalue weighted by atomic mass is 9.85. The van der Waals surface area contributed by atoms with Crippen LogP contribution in [0.5, 0.6) is 0 Å². The largest absolute Gasteiger partial charge is 0.326 e. The van der Waals surface area contributed by atoms with Crippen molar-refractivity contribution in [3.63, 3.8) is 0 Å². The van der Waals surface area contributed by atoms with E-state index in [4.69, 9.17) is 0 Å². The number of allylic oxidation sites excluding steroid dienone is 2. The zero-order chi connectivity index (χ0) is 16.4. The minimum atomic E-state index is -0.230.